The lowest BCUT2D eigenvalue weighted by molar-refractivity contribution is -0.0534. The molecule has 1 aliphatic rings. The highest BCUT2D eigenvalue weighted by Gasteiger charge is 2.24. The third-order valence-corrected chi connectivity index (χ3v) is 3.73. The smallest absolute Gasteiger partial charge is 0.330 e. The van der Waals surface area contributed by atoms with Crippen molar-refractivity contribution in [2.75, 3.05) is 13.2 Å². The Morgan fingerprint density at radius 3 is 2.63 bits per heavy atom. The van der Waals surface area contributed by atoms with Crippen LogP contribution >= 0.6 is 0 Å². The zero-order valence-corrected chi connectivity index (χ0v) is 11.9. The van der Waals surface area contributed by atoms with Gasteiger partial charge in [-0.1, -0.05) is 0 Å². The summed E-state index contributed by atoms with van der Waals surface area (Å²) in [5.41, 5.74) is 0.206. The summed E-state index contributed by atoms with van der Waals surface area (Å²) < 4.78 is 8.23. The molecule has 1 fully saturated rings. The van der Waals surface area contributed by atoms with E-state index in [0.717, 1.165) is 16.8 Å². The van der Waals surface area contributed by atoms with Gasteiger partial charge in [-0.2, -0.15) is 0 Å². The summed E-state index contributed by atoms with van der Waals surface area (Å²) in [6.07, 6.45) is 0.180. The van der Waals surface area contributed by atoms with Gasteiger partial charge in [0.1, 0.15) is 0 Å². The second-order valence-corrected chi connectivity index (χ2v) is 5.30. The maximum Gasteiger partial charge on any atom is 0.330 e. The molecule has 0 aliphatic carbocycles. The minimum absolute atomic E-state index is 0.180. The van der Waals surface area contributed by atoms with Gasteiger partial charge in [0.05, 0.1) is 12.7 Å². The monoisotopic (exact) mass is 267 g/mol. The van der Waals surface area contributed by atoms with Gasteiger partial charge in [-0.3, -0.25) is 18.8 Å². The maximum absolute atomic E-state index is 11.9. The molecule has 0 bridgehead atoms. The Hall–Kier alpha value is -1.40. The van der Waals surface area contributed by atoms with Crippen LogP contribution in [0.1, 0.15) is 19.5 Å². The van der Waals surface area contributed by atoms with Crippen LogP contribution in [0.4, 0.5) is 0 Å². The number of hydrogen-bond acceptors (Lipinski definition) is 4. The molecular weight excluding hydrogens is 246 g/mol. The van der Waals surface area contributed by atoms with Crippen molar-refractivity contribution in [3.8, 4) is 0 Å². The quantitative estimate of drug-likeness (QED) is 0.738. The van der Waals surface area contributed by atoms with Crippen LogP contribution < -0.4 is 11.2 Å². The van der Waals surface area contributed by atoms with Crippen molar-refractivity contribution in [1.29, 1.82) is 0 Å². The van der Waals surface area contributed by atoms with E-state index < -0.39 is 0 Å². The SMILES string of the molecule is C[C@@H]1CO[C@@H](C)CN1Cc1cc(=O)n(C)c(=O)n1C. The van der Waals surface area contributed by atoms with E-state index in [9.17, 15) is 9.59 Å². The van der Waals surface area contributed by atoms with E-state index in [2.05, 4.69) is 11.8 Å². The number of rotatable bonds is 2. The van der Waals surface area contributed by atoms with Gasteiger partial charge in [-0.15, -0.1) is 0 Å². The van der Waals surface area contributed by atoms with Crippen LogP contribution in [0.5, 0.6) is 0 Å². The van der Waals surface area contributed by atoms with E-state index in [1.54, 1.807) is 7.05 Å². The first-order valence-corrected chi connectivity index (χ1v) is 6.51. The standard InChI is InChI=1S/C13H21N3O3/c1-9-8-19-10(2)6-16(9)7-11-5-12(17)15(4)13(18)14(11)3/h5,9-10H,6-8H2,1-4H3/t9-,10+/m1/s1. The van der Waals surface area contributed by atoms with E-state index >= 15 is 0 Å². The van der Waals surface area contributed by atoms with Crippen molar-refractivity contribution < 1.29 is 4.74 Å². The molecule has 1 saturated heterocycles. The van der Waals surface area contributed by atoms with Gasteiger partial charge in [0.2, 0.25) is 0 Å². The van der Waals surface area contributed by atoms with E-state index in [-0.39, 0.29) is 23.4 Å². The summed E-state index contributed by atoms with van der Waals surface area (Å²) in [6, 6.07) is 1.82. The highest BCUT2D eigenvalue weighted by atomic mass is 16.5. The molecule has 1 aromatic heterocycles. The normalized spacial score (nSPS) is 24.6. The highest BCUT2D eigenvalue weighted by Crippen LogP contribution is 2.13. The number of nitrogens with zero attached hydrogens (tertiary/aromatic N) is 3. The molecule has 6 heteroatoms. The largest absolute Gasteiger partial charge is 0.376 e. The van der Waals surface area contributed by atoms with E-state index in [1.807, 2.05) is 6.92 Å². The Bertz CT molecular complexity index is 575. The maximum atomic E-state index is 11.9. The van der Waals surface area contributed by atoms with Crippen LogP contribution in [-0.2, 0) is 25.4 Å². The lowest BCUT2D eigenvalue weighted by Gasteiger charge is -2.36. The summed E-state index contributed by atoms with van der Waals surface area (Å²) in [5.74, 6) is 0. The second kappa shape index (κ2) is 5.30. The fourth-order valence-electron chi connectivity index (χ4n) is 2.33. The topological polar surface area (TPSA) is 56.5 Å². The van der Waals surface area contributed by atoms with Crippen molar-refractivity contribution in [1.82, 2.24) is 14.0 Å². The van der Waals surface area contributed by atoms with E-state index in [1.165, 1.54) is 17.7 Å². The Morgan fingerprint density at radius 2 is 1.95 bits per heavy atom. The van der Waals surface area contributed by atoms with Crippen LogP contribution in [0.25, 0.3) is 0 Å². The van der Waals surface area contributed by atoms with Crippen molar-refractivity contribution in [2.24, 2.45) is 14.1 Å². The van der Waals surface area contributed by atoms with Crippen LogP contribution in [0.3, 0.4) is 0 Å². The van der Waals surface area contributed by atoms with E-state index in [4.69, 9.17) is 4.74 Å². The summed E-state index contributed by atoms with van der Waals surface area (Å²) in [4.78, 5) is 25.8. The molecule has 2 rings (SSSR count). The summed E-state index contributed by atoms with van der Waals surface area (Å²) in [5, 5.41) is 0. The lowest BCUT2D eigenvalue weighted by Crippen LogP contribution is -2.48. The fourth-order valence-corrected chi connectivity index (χ4v) is 2.33. The average Bonchev–Trinajstić information content (AvgIpc) is 2.37. The minimum Gasteiger partial charge on any atom is -0.376 e. The lowest BCUT2D eigenvalue weighted by atomic mass is 10.2. The molecule has 2 heterocycles. The predicted molar refractivity (Wildman–Crippen MR) is 72.2 cm³/mol. The molecule has 2 atom stereocenters. The Kier molecular flexibility index (Phi) is 3.91. The summed E-state index contributed by atoms with van der Waals surface area (Å²) in [6.45, 7) is 6.20. The number of aromatic nitrogens is 2. The number of ether oxygens (including phenoxy) is 1. The molecule has 0 aromatic carbocycles. The first-order chi connectivity index (χ1) is 8.90. The van der Waals surface area contributed by atoms with Crippen molar-refractivity contribution in [3.63, 3.8) is 0 Å². The molecule has 0 amide bonds. The zero-order chi connectivity index (χ0) is 14.2. The predicted octanol–water partition coefficient (Wildman–Crippen LogP) is -0.307. The molecule has 1 aromatic rings. The van der Waals surface area contributed by atoms with Crippen LogP contribution in [0.2, 0.25) is 0 Å². The molecule has 0 unspecified atom stereocenters. The van der Waals surface area contributed by atoms with Gasteiger partial charge in [0, 0.05) is 45.0 Å². The van der Waals surface area contributed by atoms with Gasteiger partial charge in [-0.25, -0.2) is 4.79 Å². The summed E-state index contributed by atoms with van der Waals surface area (Å²) >= 11 is 0. The second-order valence-electron chi connectivity index (χ2n) is 5.30. The average molecular weight is 267 g/mol. The van der Waals surface area contributed by atoms with Gasteiger partial charge in [-0.05, 0) is 13.8 Å². The first-order valence-electron chi connectivity index (χ1n) is 6.51. The zero-order valence-electron chi connectivity index (χ0n) is 11.9. The van der Waals surface area contributed by atoms with Crippen molar-refractivity contribution in [2.45, 2.75) is 32.5 Å². The van der Waals surface area contributed by atoms with Gasteiger partial charge in [0.25, 0.3) is 5.56 Å². The first kappa shape index (κ1) is 14.0. The molecule has 1 aliphatic heterocycles. The molecule has 0 N–H and O–H groups in total. The van der Waals surface area contributed by atoms with Crippen molar-refractivity contribution in [3.05, 3.63) is 32.6 Å². The Balaban J connectivity index is 2.29. The van der Waals surface area contributed by atoms with Gasteiger partial charge in [0.15, 0.2) is 0 Å². The third kappa shape index (κ3) is 2.79. The van der Waals surface area contributed by atoms with Gasteiger partial charge >= 0.3 is 5.69 Å². The van der Waals surface area contributed by atoms with Gasteiger partial charge < -0.3 is 4.74 Å². The Morgan fingerprint density at radius 1 is 1.26 bits per heavy atom. The van der Waals surface area contributed by atoms with E-state index in [0.29, 0.717) is 13.2 Å². The molecule has 0 radical (unpaired) electrons. The van der Waals surface area contributed by atoms with Crippen LogP contribution in [0, 0.1) is 0 Å². The van der Waals surface area contributed by atoms with Crippen LogP contribution in [-0.4, -0.2) is 39.3 Å². The Labute approximate surface area is 112 Å². The summed E-state index contributed by atoms with van der Waals surface area (Å²) in [7, 11) is 3.19. The highest BCUT2D eigenvalue weighted by molar-refractivity contribution is 5.03. The van der Waals surface area contributed by atoms with Crippen molar-refractivity contribution >= 4 is 0 Å². The fraction of sp³-hybridized carbons (Fsp3) is 0.692. The number of morpholine rings is 1. The molecule has 19 heavy (non-hydrogen) atoms. The number of hydrogen-bond donors (Lipinski definition) is 0. The molecular formula is C13H21N3O3. The minimum atomic E-state index is -0.281. The molecule has 0 spiro atoms. The molecule has 106 valence electrons. The third-order valence-electron chi connectivity index (χ3n) is 3.73. The molecule has 0 saturated carbocycles. The van der Waals surface area contributed by atoms with Crippen LogP contribution in [0.15, 0.2) is 15.7 Å². The molecule has 6 nitrogen and oxygen atoms in total.